The molecule has 0 aromatic carbocycles. The largest absolute Gasteiger partial charge is 0.444 e. The molecule has 1 N–H and O–H groups in total. The van der Waals surface area contributed by atoms with Gasteiger partial charge in [-0.3, -0.25) is 0 Å². The van der Waals surface area contributed by atoms with E-state index < -0.39 is 5.60 Å². The fraction of sp³-hybridized carbons (Fsp3) is 0.833. The minimum Gasteiger partial charge on any atom is -0.444 e. The zero-order chi connectivity index (χ0) is 15.7. The van der Waals surface area contributed by atoms with Crippen molar-refractivity contribution in [1.82, 2.24) is 10.2 Å². The number of carbonyl (C=O) groups is 1. The summed E-state index contributed by atoms with van der Waals surface area (Å²) in [4.78, 5) is 14.3. The molecule has 0 radical (unpaired) electrons. The molecule has 1 aliphatic heterocycles. The SMILES string of the molecule is CC(C)(C)OC(=O)N1CCCCC1CNC1CC2CC=CC21. The number of fused-ring (bicyclic) bond motifs is 1. The van der Waals surface area contributed by atoms with Gasteiger partial charge in [-0.2, -0.15) is 0 Å². The Morgan fingerprint density at radius 1 is 1.36 bits per heavy atom. The van der Waals surface area contributed by atoms with Crippen molar-refractivity contribution in [2.24, 2.45) is 11.8 Å². The van der Waals surface area contributed by atoms with E-state index in [-0.39, 0.29) is 12.1 Å². The summed E-state index contributed by atoms with van der Waals surface area (Å²) in [5.74, 6) is 1.62. The molecule has 0 aromatic rings. The molecule has 2 fully saturated rings. The molecule has 0 bridgehead atoms. The average molecular weight is 306 g/mol. The molecule has 0 spiro atoms. The molecule has 4 heteroatoms. The van der Waals surface area contributed by atoms with Crippen LogP contribution in [0, 0.1) is 11.8 Å². The second-order valence-electron chi connectivity index (χ2n) is 8.08. The van der Waals surface area contributed by atoms with Crippen LogP contribution >= 0.6 is 0 Å². The van der Waals surface area contributed by atoms with Crippen LogP contribution in [0.15, 0.2) is 12.2 Å². The Bertz CT molecular complexity index is 441. The van der Waals surface area contributed by atoms with E-state index in [1.165, 1.54) is 19.3 Å². The number of piperidine rings is 1. The van der Waals surface area contributed by atoms with Crippen LogP contribution in [0.5, 0.6) is 0 Å². The van der Waals surface area contributed by atoms with Gasteiger partial charge in [-0.05, 0) is 64.7 Å². The molecule has 1 saturated carbocycles. The maximum Gasteiger partial charge on any atom is 0.410 e. The molecule has 4 unspecified atom stereocenters. The highest BCUT2D eigenvalue weighted by Gasteiger charge is 2.41. The zero-order valence-corrected chi connectivity index (χ0v) is 14.2. The van der Waals surface area contributed by atoms with Crippen molar-refractivity contribution in [2.45, 2.75) is 70.6 Å². The Kier molecular flexibility index (Phi) is 4.49. The molecule has 1 saturated heterocycles. The van der Waals surface area contributed by atoms with E-state index in [0.29, 0.717) is 6.04 Å². The van der Waals surface area contributed by atoms with Gasteiger partial charge in [0.2, 0.25) is 0 Å². The van der Waals surface area contributed by atoms with E-state index in [4.69, 9.17) is 4.74 Å². The Hall–Kier alpha value is -1.03. The lowest BCUT2D eigenvalue weighted by atomic mass is 9.71. The molecule has 3 rings (SSSR count). The first kappa shape index (κ1) is 15.9. The van der Waals surface area contributed by atoms with Crippen molar-refractivity contribution in [1.29, 1.82) is 0 Å². The van der Waals surface area contributed by atoms with E-state index in [0.717, 1.165) is 37.8 Å². The number of amides is 1. The number of ether oxygens (including phenoxy) is 1. The van der Waals surface area contributed by atoms with Crippen molar-refractivity contribution in [3.8, 4) is 0 Å². The first-order chi connectivity index (χ1) is 10.4. The van der Waals surface area contributed by atoms with Gasteiger partial charge >= 0.3 is 6.09 Å². The maximum absolute atomic E-state index is 12.4. The fourth-order valence-corrected chi connectivity index (χ4v) is 4.01. The predicted octanol–water partition coefficient (Wildman–Crippen LogP) is 3.33. The average Bonchev–Trinajstić information content (AvgIpc) is 2.79. The van der Waals surface area contributed by atoms with E-state index in [1.54, 1.807) is 0 Å². The third-order valence-corrected chi connectivity index (χ3v) is 5.23. The lowest BCUT2D eigenvalue weighted by Gasteiger charge is -2.43. The lowest BCUT2D eigenvalue weighted by Crippen LogP contribution is -2.55. The van der Waals surface area contributed by atoms with Crippen molar-refractivity contribution < 1.29 is 9.53 Å². The van der Waals surface area contributed by atoms with Crippen LogP contribution in [0.25, 0.3) is 0 Å². The van der Waals surface area contributed by atoms with Crippen molar-refractivity contribution >= 4 is 6.09 Å². The minimum absolute atomic E-state index is 0.147. The van der Waals surface area contributed by atoms with Crippen LogP contribution in [0.2, 0.25) is 0 Å². The van der Waals surface area contributed by atoms with Gasteiger partial charge in [0, 0.05) is 25.2 Å². The van der Waals surface area contributed by atoms with Crippen LogP contribution < -0.4 is 5.32 Å². The number of hydrogen-bond donors (Lipinski definition) is 1. The van der Waals surface area contributed by atoms with Crippen molar-refractivity contribution in [3.63, 3.8) is 0 Å². The van der Waals surface area contributed by atoms with Gasteiger partial charge in [0.1, 0.15) is 5.60 Å². The molecule has 3 aliphatic rings. The van der Waals surface area contributed by atoms with Crippen LogP contribution in [0.3, 0.4) is 0 Å². The number of carbonyl (C=O) groups excluding carboxylic acids is 1. The number of rotatable bonds is 3. The highest BCUT2D eigenvalue weighted by molar-refractivity contribution is 5.68. The lowest BCUT2D eigenvalue weighted by molar-refractivity contribution is 0.00853. The minimum atomic E-state index is -0.414. The van der Waals surface area contributed by atoms with Gasteiger partial charge in [-0.1, -0.05) is 12.2 Å². The van der Waals surface area contributed by atoms with Crippen LogP contribution in [-0.4, -0.2) is 41.8 Å². The van der Waals surface area contributed by atoms with Gasteiger partial charge in [0.25, 0.3) is 0 Å². The van der Waals surface area contributed by atoms with Crippen LogP contribution in [0.1, 0.15) is 52.9 Å². The highest BCUT2D eigenvalue weighted by atomic mass is 16.6. The summed E-state index contributed by atoms with van der Waals surface area (Å²) in [5, 5.41) is 3.71. The quantitative estimate of drug-likeness (QED) is 0.813. The Labute approximate surface area is 134 Å². The smallest absolute Gasteiger partial charge is 0.410 e. The summed E-state index contributed by atoms with van der Waals surface area (Å²) in [7, 11) is 0. The first-order valence-electron chi connectivity index (χ1n) is 8.84. The summed E-state index contributed by atoms with van der Waals surface area (Å²) >= 11 is 0. The molecule has 2 aliphatic carbocycles. The van der Waals surface area contributed by atoms with E-state index in [1.807, 2.05) is 25.7 Å². The van der Waals surface area contributed by atoms with Gasteiger partial charge < -0.3 is 15.0 Å². The Morgan fingerprint density at radius 2 is 2.18 bits per heavy atom. The molecule has 22 heavy (non-hydrogen) atoms. The number of hydrogen-bond acceptors (Lipinski definition) is 3. The number of allylic oxidation sites excluding steroid dienone is 1. The summed E-state index contributed by atoms with van der Waals surface area (Å²) in [5.41, 5.74) is -0.414. The monoisotopic (exact) mass is 306 g/mol. The Morgan fingerprint density at radius 3 is 2.91 bits per heavy atom. The van der Waals surface area contributed by atoms with Crippen LogP contribution in [-0.2, 0) is 4.74 Å². The summed E-state index contributed by atoms with van der Waals surface area (Å²) < 4.78 is 5.57. The summed E-state index contributed by atoms with van der Waals surface area (Å²) in [6.45, 7) is 7.54. The summed E-state index contributed by atoms with van der Waals surface area (Å²) in [6.07, 6.45) is 10.5. The fourth-order valence-electron chi connectivity index (χ4n) is 4.01. The number of likely N-dealkylation sites (tertiary alicyclic amines) is 1. The molecule has 0 aromatic heterocycles. The molecular formula is C18H30N2O2. The Balaban J connectivity index is 1.51. The molecule has 4 atom stereocenters. The van der Waals surface area contributed by atoms with Crippen molar-refractivity contribution in [2.75, 3.05) is 13.1 Å². The standard InChI is InChI=1S/C18H30N2O2/c1-18(2,3)22-17(21)20-10-5-4-8-14(20)12-19-16-11-13-7-6-9-15(13)16/h6,9,13-16,19H,4-5,7-8,10-12H2,1-3H3. The molecule has 1 amide bonds. The number of nitrogens with zero attached hydrogens (tertiary/aromatic N) is 1. The normalized spacial score (nSPS) is 34.2. The van der Waals surface area contributed by atoms with E-state index in [9.17, 15) is 4.79 Å². The first-order valence-corrected chi connectivity index (χ1v) is 8.84. The highest BCUT2D eigenvalue weighted by Crippen LogP contribution is 2.42. The number of nitrogens with one attached hydrogen (secondary N) is 1. The molecule has 124 valence electrons. The van der Waals surface area contributed by atoms with Gasteiger partial charge in [-0.25, -0.2) is 4.79 Å². The zero-order valence-electron chi connectivity index (χ0n) is 14.2. The van der Waals surface area contributed by atoms with Gasteiger partial charge in [-0.15, -0.1) is 0 Å². The van der Waals surface area contributed by atoms with Gasteiger partial charge in [0.15, 0.2) is 0 Å². The maximum atomic E-state index is 12.4. The van der Waals surface area contributed by atoms with Gasteiger partial charge in [0.05, 0.1) is 0 Å². The third kappa shape index (κ3) is 3.48. The van der Waals surface area contributed by atoms with E-state index in [2.05, 4.69) is 17.5 Å². The molecule has 1 heterocycles. The van der Waals surface area contributed by atoms with Crippen molar-refractivity contribution in [3.05, 3.63) is 12.2 Å². The predicted molar refractivity (Wildman–Crippen MR) is 87.7 cm³/mol. The van der Waals surface area contributed by atoms with E-state index >= 15 is 0 Å². The third-order valence-electron chi connectivity index (χ3n) is 5.23. The molecular weight excluding hydrogens is 276 g/mol. The second-order valence-corrected chi connectivity index (χ2v) is 8.08. The molecule has 4 nitrogen and oxygen atoms in total. The topological polar surface area (TPSA) is 41.6 Å². The van der Waals surface area contributed by atoms with Crippen LogP contribution in [0.4, 0.5) is 4.79 Å². The summed E-state index contributed by atoms with van der Waals surface area (Å²) in [6, 6.07) is 0.902. The second kappa shape index (κ2) is 6.23.